The highest BCUT2D eigenvalue weighted by Crippen LogP contribution is 2.21. The van der Waals surface area contributed by atoms with Crippen LogP contribution < -0.4 is 0 Å². The van der Waals surface area contributed by atoms with Crippen molar-refractivity contribution in [1.82, 2.24) is 14.4 Å². The number of imidazole rings is 1. The van der Waals surface area contributed by atoms with E-state index in [2.05, 4.69) is 9.97 Å². The molecule has 3 heterocycles. The summed E-state index contributed by atoms with van der Waals surface area (Å²) in [7, 11) is -3.85. The average molecular weight is 409 g/mol. The molecule has 3 aromatic heterocycles. The molecular formula is C21H16FN3O3S. The maximum absolute atomic E-state index is 13.3. The van der Waals surface area contributed by atoms with Gasteiger partial charge in [0.25, 0.3) is 0 Å². The molecule has 0 saturated heterocycles. The quantitative estimate of drug-likeness (QED) is 0.455. The maximum Gasteiger partial charge on any atom is 0.208 e. The van der Waals surface area contributed by atoms with Crippen LogP contribution >= 0.6 is 0 Å². The lowest BCUT2D eigenvalue weighted by Crippen LogP contribution is -2.04. The predicted octanol–water partition coefficient (Wildman–Crippen LogP) is 3.52. The van der Waals surface area contributed by atoms with Gasteiger partial charge in [-0.2, -0.15) is 0 Å². The van der Waals surface area contributed by atoms with E-state index in [1.54, 1.807) is 47.3 Å². The molecule has 29 heavy (non-hydrogen) atoms. The Balaban J connectivity index is 1.46. The van der Waals surface area contributed by atoms with E-state index < -0.39 is 15.7 Å². The number of hydrogen-bond acceptors (Lipinski definition) is 5. The molecular weight excluding hydrogens is 393 g/mol. The number of carbonyl (C=O) groups is 1. The lowest BCUT2D eigenvalue weighted by atomic mass is 10.0. The number of pyridine rings is 2. The molecule has 0 spiro atoms. The first-order valence-electron chi connectivity index (χ1n) is 8.84. The molecule has 0 radical (unpaired) electrons. The van der Waals surface area contributed by atoms with Crippen LogP contribution in [0.5, 0.6) is 0 Å². The van der Waals surface area contributed by atoms with Crippen LogP contribution in [0.25, 0.3) is 5.65 Å². The number of fused-ring (bicyclic) bond motifs is 1. The summed E-state index contributed by atoms with van der Waals surface area (Å²) in [5, 5.41) is 0. The van der Waals surface area contributed by atoms with Crippen molar-refractivity contribution in [3.8, 4) is 0 Å². The van der Waals surface area contributed by atoms with Crippen LogP contribution in [-0.4, -0.2) is 28.6 Å². The van der Waals surface area contributed by atoms with Crippen molar-refractivity contribution in [3.63, 3.8) is 0 Å². The molecule has 146 valence electrons. The van der Waals surface area contributed by atoms with E-state index in [1.165, 1.54) is 12.1 Å². The van der Waals surface area contributed by atoms with Gasteiger partial charge in [0.05, 0.1) is 16.0 Å². The molecule has 0 unspecified atom stereocenters. The summed E-state index contributed by atoms with van der Waals surface area (Å²) in [5.74, 6) is -0.724. The summed E-state index contributed by atoms with van der Waals surface area (Å²) in [6.45, 7) is 0. The van der Waals surface area contributed by atoms with Gasteiger partial charge in [-0.1, -0.05) is 12.1 Å². The number of hydrogen-bond donors (Lipinski definition) is 0. The van der Waals surface area contributed by atoms with Crippen LogP contribution in [0.2, 0.25) is 0 Å². The number of aromatic nitrogens is 3. The highest BCUT2D eigenvalue weighted by Gasteiger charge is 2.18. The number of rotatable bonds is 6. The lowest BCUT2D eigenvalue weighted by Gasteiger charge is -2.06. The molecule has 0 aliphatic rings. The largest absolute Gasteiger partial charge is 0.306 e. The molecule has 0 bridgehead atoms. The first-order valence-corrected chi connectivity index (χ1v) is 10.3. The third-order valence-corrected chi connectivity index (χ3v) is 6.31. The van der Waals surface area contributed by atoms with Crippen LogP contribution in [-0.2, 0) is 16.3 Å². The predicted molar refractivity (Wildman–Crippen MR) is 104 cm³/mol. The van der Waals surface area contributed by atoms with Gasteiger partial charge in [-0.25, -0.2) is 17.8 Å². The molecule has 8 heteroatoms. The van der Waals surface area contributed by atoms with E-state index in [-0.39, 0.29) is 15.6 Å². The van der Waals surface area contributed by atoms with Gasteiger partial charge in [-0.3, -0.25) is 9.78 Å². The van der Waals surface area contributed by atoms with Gasteiger partial charge in [0.15, 0.2) is 5.78 Å². The van der Waals surface area contributed by atoms with Crippen molar-refractivity contribution in [2.24, 2.45) is 0 Å². The highest BCUT2D eigenvalue weighted by molar-refractivity contribution is 7.91. The van der Waals surface area contributed by atoms with E-state index in [0.29, 0.717) is 18.4 Å². The number of halogens is 1. The fourth-order valence-electron chi connectivity index (χ4n) is 3.00. The Morgan fingerprint density at radius 2 is 1.83 bits per heavy atom. The minimum atomic E-state index is -3.85. The zero-order chi connectivity index (χ0) is 20.4. The fraction of sp³-hybridized carbons (Fsp3) is 0.0952. The van der Waals surface area contributed by atoms with Crippen LogP contribution in [0.4, 0.5) is 4.39 Å². The van der Waals surface area contributed by atoms with Crippen molar-refractivity contribution in [3.05, 3.63) is 90.4 Å². The van der Waals surface area contributed by atoms with Crippen LogP contribution in [0.15, 0.2) is 83.2 Å². The van der Waals surface area contributed by atoms with Gasteiger partial charge in [-0.05, 0) is 42.3 Å². The Bertz CT molecular complexity index is 1300. The summed E-state index contributed by atoms with van der Waals surface area (Å²) < 4.78 is 40.2. The van der Waals surface area contributed by atoms with Gasteiger partial charge >= 0.3 is 0 Å². The Kier molecular flexibility index (Phi) is 4.94. The topological polar surface area (TPSA) is 81.4 Å². The number of aryl methyl sites for hydroxylation is 1. The Labute approximate surface area is 166 Å². The van der Waals surface area contributed by atoms with Crippen molar-refractivity contribution < 1.29 is 17.6 Å². The van der Waals surface area contributed by atoms with Gasteiger partial charge in [0, 0.05) is 36.8 Å². The maximum atomic E-state index is 13.3. The average Bonchev–Trinajstić information content (AvgIpc) is 3.20. The third-order valence-electron chi connectivity index (χ3n) is 4.58. The number of benzene rings is 1. The minimum Gasteiger partial charge on any atom is -0.306 e. The van der Waals surface area contributed by atoms with Crippen molar-refractivity contribution in [2.75, 3.05) is 0 Å². The molecule has 0 aliphatic carbocycles. The van der Waals surface area contributed by atoms with Gasteiger partial charge in [0.1, 0.15) is 11.5 Å². The minimum absolute atomic E-state index is 0.0110. The molecule has 0 saturated carbocycles. The Morgan fingerprint density at radius 3 is 2.59 bits per heavy atom. The molecule has 6 nitrogen and oxygen atoms in total. The van der Waals surface area contributed by atoms with Crippen molar-refractivity contribution in [2.45, 2.75) is 22.6 Å². The fourth-order valence-corrected chi connectivity index (χ4v) is 4.23. The smallest absolute Gasteiger partial charge is 0.208 e. The molecule has 0 amide bonds. The first-order chi connectivity index (χ1) is 13.9. The Hall–Kier alpha value is -3.39. The first kappa shape index (κ1) is 18.9. The summed E-state index contributed by atoms with van der Waals surface area (Å²) >= 11 is 0. The zero-order valence-electron chi connectivity index (χ0n) is 15.2. The summed E-state index contributed by atoms with van der Waals surface area (Å²) in [6, 6.07) is 10.7. The van der Waals surface area contributed by atoms with Crippen molar-refractivity contribution >= 4 is 21.3 Å². The molecule has 4 aromatic rings. The number of nitrogens with zero attached hydrogens (tertiary/aromatic N) is 3. The van der Waals surface area contributed by atoms with E-state index in [9.17, 15) is 17.6 Å². The normalized spacial score (nSPS) is 11.6. The van der Waals surface area contributed by atoms with E-state index >= 15 is 0 Å². The zero-order valence-corrected chi connectivity index (χ0v) is 16.0. The van der Waals surface area contributed by atoms with Crippen molar-refractivity contribution in [1.29, 1.82) is 0 Å². The lowest BCUT2D eigenvalue weighted by molar-refractivity contribution is 0.0982. The Morgan fingerprint density at radius 1 is 1.03 bits per heavy atom. The third kappa shape index (κ3) is 3.93. The SMILES string of the molecule is O=C(CCc1ccc(S(=O)(=O)c2cncc(F)c2)cc1)c1ccc2nccn2c1. The van der Waals surface area contributed by atoms with E-state index in [4.69, 9.17) is 0 Å². The van der Waals surface area contributed by atoms with Crippen LogP contribution in [0, 0.1) is 5.82 Å². The monoisotopic (exact) mass is 409 g/mol. The molecule has 0 N–H and O–H groups in total. The second kappa shape index (κ2) is 7.56. The number of sulfone groups is 1. The number of ketones is 1. The number of Topliss-reactive ketones (excluding diaryl/α,β-unsaturated/α-hetero) is 1. The van der Waals surface area contributed by atoms with E-state index in [1.807, 2.05) is 0 Å². The highest BCUT2D eigenvalue weighted by atomic mass is 32.2. The molecule has 4 rings (SSSR count). The summed E-state index contributed by atoms with van der Waals surface area (Å²) in [4.78, 5) is 20.0. The van der Waals surface area contributed by atoms with Crippen LogP contribution in [0.1, 0.15) is 22.3 Å². The number of carbonyl (C=O) groups excluding carboxylic acids is 1. The van der Waals surface area contributed by atoms with Gasteiger partial charge in [-0.15, -0.1) is 0 Å². The summed E-state index contributed by atoms with van der Waals surface area (Å²) in [6.07, 6.45) is 8.01. The molecule has 0 fully saturated rings. The van der Waals surface area contributed by atoms with Gasteiger partial charge in [0.2, 0.25) is 9.84 Å². The van der Waals surface area contributed by atoms with E-state index in [0.717, 1.165) is 29.7 Å². The second-order valence-corrected chi connectivity index (χ2v) is 8.47. The molecule has 1 aromatic carbocycles. The summed E-state index contributed by atoms with van der Waals surface area (Å²) in [5.41, 5.74) is 2.19. The second-order valence-electron chi connectivity index (χ2n) is 6.52. The van der Waals surface area contributed by atoms with Gasteiger partial charge < -0.3 is 4.40 Å². The van der Waals surface area contributed by atoms with Crippen LogP contribution in [0.3, 0.4) is 0 Å². The molecule has 0 atom stereocenters. The standard InChI is InChI=1S/C21H16FN3O3S/c22-17-11-19(13-23-12-17)29(27,28)18-5-1-15(2-6-18)3-7-20(26)16-4-8-21-24-9-10-25(21)14-16/h1-2,4-6,8-14H,3,7H2. The molecule has 0 aliphatic heterocycles.